The number of hydrogen-bond donors (Lipinski definition) is 2. The van der Waals surface area contributed by atoms with E-state index in [1.54, 1.807) is 44.5 Å². The SMILES string of the molecule is Cc1cc(Cl)c2cc(C(=O)N[C@H](CO)c3ccc(S(=O)(=O)CC(=O)OC(C)C)cc3)n(C)c2n1. The number of sulfone groups is 1. The molecular weight excluding hydrogens is 482 g/mol. The predicted molar refractivity (Wildman–Crippen MR) is 127 cm³/mol. The number of carbonyl (C=O) groups excluding carboxylic acids is 2. The molecule has 0 unspecified atom stereocenters. The highest BCUT2D eigenvalue weighted by molar-refractivity contribution is 7.92. The summed E-state index contributed by atoms with van der Waals surface area (Å²) in [6.45, 7) is 4.65. The molecule has 2 aromatic heterocycles. The van der Waals surface area contributed by atoms with E-state index in [2.05, 4.69) is 10.3 Å². The number of rotatable bonds is 8. The van der Waals surface area contributed by atoms with Crippen LogP contribution in [0.4, 0.5) is 0 Å². The van der Waals surface area contributed by atoms with Gasteiger partial charge in [-0.3, -0.25) is 9.59 Å². The molecule has 0 aliphatic heterocycles. The third-order valence-corrected chi connectivity index (χ3v) is 7.03. The summed E-state index contributed by atoms with van der Waals surface area (Å²) in [5, 5.41) is 13.7. The van der Waals surface area contributed by atoms with Crippen molar-refractivity contribution in [2.45, 2.75) is 37.8 Å². The van der Waals surface area contributed by atoms with E-state index >= 15 is 0 Å². The number of aliphatic hydroxyl groups is 1. The lowest BCUT2D eigenvalue weighted by Crippen LogP contribution is -2.32. The summed E-state index contributed by atoms with van der Waals surface area (Å²) in [7, 11) is -2.20. The molecule has 0 aliphatic carbocycles. The second kappa shape index (κ2) is 10.1. The van der Waals surface area contributed by atoms with Crippen molar-refractivity contribution in [1.82, 2.24) is 14.9 Å². The van der Waals surface area contributed by atoms with Crippen molar-refractivity contribution in [2.24, 2.45) is 7.05 Å². The van der Waals surface area contributed by atoms with Crippen molar-refractivity contribution in [3.8, 4) is 0 Å². The molecule has 3 rings (SSSR count). The van der Waals surface area contributed by atoms with E-state index < -0.39 is 46.2 Å². The van der Waals surface area contributed by atoms with Crippen LogP contribution in [-0.2, 0) is 26.4 Å². The normalized spacial score (nSPS) is 12.7. The number of ether oxygens (including phenoxy) is 1. The Balaban J connectivity index is 1.79. The number of carbonyl (C=O) groups is 2. The Hall–Kier alpha value is -2.95. The summed E-state index contributed by atoms with van der Waals surface area (Å²) in [5.74, 6) is -2.07. The fraction of sp³-hybridized carbons (Fsp3) is 0.348. The number of benzene rings is 1. The van der Waals surface area contributed by atoms with Crippen molar-refractivity contribution in [1.29, 1.82) is 0 Å². The van der Waals surface area contributed by atoms with Crippen LogP contribution in [0.1, 0.15) is 41.6 Å². The van der Waals surface area contributed by atoms with Gasteiger partial charge in [-0.1, -0.05) is 23.7 Å². The molecule has 0 radical (unpaired) electrons. The van der Waals surface area contributed by atoms with Gasteiger partial charge < -0.3 is 19.7 Å². The number of aromatic nitrogens is 2. The lowest BCUT2D eigenvalue weighted by molar-refractivity contribution is -0.144. The number of fused-ring (bicyclic) bond motifs is 1. The Morgan fingerprint density at radius 3 is 2.44 bits per heavy atom. The van der Waals surface area contributed by atoms with Crippen LogP contribution in [0, 0.1) is 6.92 Å². The number of aryl methyl sites for hydroxylation is 2. The Bertz CT molecular complexity index is 1330. The molecule has 2 heterocycles. The number of nitrogens with zero attached hydrogens (tertiary/aromatic N) is 2. The molecule has 0 aliphatic rings. The lowest BCUT2D eigenvalue weighted by atomic mass is 10.1. The van der Waals surface area contributed by atoms with Crippen molar-refractivity contribution < 1.29 is 27.9 Å². The molecule has 182 valence electrons. The molecule has 34 heavy (non-hydrogen) atoms. The average Bonchev–Trinajstić information content (AvgIpc) is 3.08. The van der Waals surface area contributed by atoms with Gasteiger partial charge in [-0.15, -0.1) is 0 Å². The molecule has 0 bridgehead atoms. The third kappa shape index (κ3) is 5.57. The number of halogens is 1. The Kier molecular flexibility index (Phi) is 7.64. The van der Waals surface area contributed by atoms with E-state index in [0.717, 1.165) is 0 Å². The maximum atomic E-state index is 12.9. The summed E-state index contributed by atoms with van der Waals surface area (Å²) >= 11 is 6.29. The first-order chi connectivity index (χ1) is 15.9. The quantitative estimate of drug-likeness (QED) is 0.448. The highest BCUT2D eigenvalue weighted by atomic mass is 35.5. The van der Waals surface area contributed by atoms with E-state index in [1.807, 2.05) is 0 Å². The number of amides is 1. The van der Waals surface area contributed by atoms with Crippen LogP contribution in [0.5, 0.6) is 0 Å². The lowest BCUT2D eigenvalue weighted by Gasteiger charge is -2.17. The van der Waals surface area contributed by atoms with Crippen LogP contribution >= 0.6 is 11.6 Å². The van der Waals surface area contributed by atoms with Gasteiger partial charge in [0.2, 0.25) is 0 Å². The fourth-order valence-electron chi connectivity index (χ4n) is 3.49. The van der Waals surface area contributed by atoms with Crippen LogP contribution in [0.25, 0.3) is 11.0 Å². The van der Waals surface area contributed by atoms with E-state index in [-0.39, 0.29) is 4.90 Å². The molecular formula is C23H26ClN3O6S. The van der Waals surface area contributed by atoms with Gasteiger partial charge in [0.1, 0.15) is 11.3 Å². The zero-order chi connectivity index (χ0) is 25.2. The zero-order valence-corrected chi connectivity index (χ0v) is 20.8. The molecule has 0 fully saturated rings. The summed E-state index contributed by atoms with van der Waals surface area (Å²) in [5.41, 5.74) is 2.06. The highest BCUT2D eigenvalue weighted by Gasteiger charge is 2.23. The van der Waals surface area contributed by atoms with Gasteiger partial charge in [-0.05, 0) is 50.6 Å². The minimum absolute atomic E-state index is 0.0651. The smallest absolute Gasteiger partial charge is 0.321 e. The highest BCUT2D eigenvalue weighted by Crippen LogP contribution is 2.26. The van der Waals surface area contributed by atoms with Crippen LogP contribution in [0.15, 0.2) is 41.3 Å². The molecule has 1 atom stereocenters. The minimum Gasteiger partial charge on any atom is -0.462 e. The molecule has 0 saturated carbocycles. The van der Waals surface area contributed by atoms with E-state index in [0.29, 0.717) is 33.0 Å². The maximum absolute atomic E-state index is 12.9. The summed E-state index contributed by atoms with van der Waals surface area (Å²) in [6.07, 6.45) is -0.420. The van der Waals surface area contributed by atoms with Crippen molar-refractivity contribution in [3.63, 3.8) is 0 Å². The first kappa shape index (κ1) is 25.7. The third-order valence-electron chi connectivity index (χ3n) is 5.11. The summed E-state index contributed by atoms with van der Waals surface area (Å²) in [4.78, 5) is 29.1. The second-order valence-corrected chi connectivity index (χ2v) is 10.5. The number of nitrogens with one attached hydrogen (secondary N) is 1. The van der Waals surface area contributed by atoms with Gasteiger partial charge in [-0.25, -0.2) is 13.4 Å². The average molecular weight is 508 g/mol. The minimum atomic E-state index is -3.90. The molecule has 1 aromatic carbocycles. The van der Waals surface area contributed by atoms with E-state index in [1.165, 1.54) is 24.3 Å². The predicted octanol–water partition coefficient (Wildman–Crippen LogP) is 2.72. The number of hydrogen-bond acceptors (Lipinski definition) is 7. The number of aliphatic hydroxyl groups excluding tert-OH is 1. The van der Waals surface area contributed by atoms with Crippen molar-refractivity contribution >= 4 is 44.3 Å². The van der Waals surface area contributed by atoms with Crippen LogP contribution < -0.4 is 5.32 Å². The van der Waals surface area contributed by atoms with Crippen molar-refractivity contribution in [3.05, 3.63) is 58.4 Å². The van der Waals surface area contributed by atoms with Crippen molar-refractivity contribution in [2.75, 3.05) is 12.4 Å². The van der Waals surface area contributed by atoms with Gasteiger partial charge in [0.25, 0.3) is 5.91 Å². The molecule has 9 nitrogen and oxygen atoms in total. The Labute approximate surface area is 202 Å². The van der Waals surface area contributed by atoms with E-state index in [9.17, 15) is 23.1 Å². The monoisotopic (exact) mass is 507 g/mol. The Morgan fingerprint density at radius 2 is 1.85 bits per heavy atom. The van der Waals surface area contributed by atoms with Crippen LogP contribution in [0.2, 0.25) is 5.02 Å². The molecule has 3 aromatic rings. The first-order valence-corrected chi connectivity index (χ1v) is 12.5. The molecule has 0 saturated heterocycles. The molecule has 0 spiro atoms. The van der Waals surface area contributed by atoms with Gasteiger partial charge >= 0.3 is 5.97 Å². The zero-order valence-electron chi connectivity index (χ0n) is 19.2. The van der Waals surface area contributed by atoms with E-state index in [4.69, 9.17) is 16.3 Å². The van der Waals surface area contributed by atoms with Gasteiger partial charge in [0, 0.05) is 18.1 Å². The standard InChI is InChI=1S/C23H26ClN3O6S/c1-13(2)33-21(29)12-34(31,32)16-7-5-15(6-8-16)19(11-28)26-23(30)20-10-17-18(24)9-14(3)25-22(17)27(20)4/h5-10,13,19,28H,11-12H2,1-4H3,(H,26,30)/t19-/m1/s1. The van der Waals surface area contributed by atoms with Crippen LogP contribution in [0.3, 0.4) is 0 Å². The maximum Gasteiger partial charge on any atom is 0.321 e. The summed E-state index contributed by atoms with van der Waals surface area (Å²) in [6, 6.07) is 8.14. The fourth-order valence-corrected chi connectivity index (χ4v) is 4.88. The molecule has 11 heteroatoms. The number of pyridine rings is 1. The summed E-state index contributed by atoms with van der Waals surface area (Å²) < 4.78 is 31.5. The topological polar surface area (TPSA) is 128 Å². The first-order valence-electron chi connectivity index (χ1n) is 10.5. The van der Waals surface area contributed by atoms with Crippen LogP contribution in [-0.4, -0.2) is 53.4 Å². The second-order valence-electron chi connectivity index (χ2n) is 8.15. The number of esters is 1. The molecule has 1 amide bonds. The largest absolute Gasteiger partial charge is 0.462 e. The molecule has 2 N–H and O–H groups in total. The van der Waals surface area contributed by atoms with Gasteiger partial charge in [0.15, 0.2) is 15.6 Å². The Morgan fingerprint density at radius 1 is 1.21 bits per heavy atom. The van der Waals surface area contributed by atoms with Gasteiger partial charge in [-0.2, -0.15) is 0 Å². The van der Waals surface area contributed by atoms with Gasteiger partial charge in [0.05, 0.1) is 28.7 Å².